The summed E-state index contributed by atoms with van der Waals surface area (Å²) >= 11 is 0. The predicted octanol–water partition coefficient (Wildman–Crippen LogP) is 0.774. The Bertz CT molecular complexity index is 311. The minimum atomic E-state index is -0.726. The first kappa shape index (κ1) is 7.83. The highest BCUT2D eigenvalue weighted by Crippen LogP contribution is 2.22. The van der Waals surface area contributed by atoms with Gasteiger partial charge in [-0.15, -0.1) is 0 Å². The zero-order valence-corrected chi connectivity index (χ0v) is 7.24. The summed E-state index contributed by atoms with van der Waals surface area (Å²) in [5, 5.41) is 9.42. The molecule has 1 heterocycles. The third kappa shape index (κ3) is 1.06. The Morgan fingerprint density at radius 3 is 3.00 bits per heavy atom. The maximum atomic E-state index is 9.42. The Morgan fingerprint density at radius 2 is 2.25 bits per heavy atom. The molecule has 12 heavy (non-hydrogen) atoms. The molecular weight excluding hydrogens is 151 g/mol. The van der Waals surface area contributed by atoms with E-state index < -0.39 is 7.12 Å². The lowest BCUT2D eigenvalue weighted by atomic mass is 9.79. The van der Waals surface area contributed by atoms with Gasteiger partial charge in [-0.05, 0) is 24.9 Å². The van der Waals surface area contributed by atoms with Crippen LogP contribution in [0, 0.1) is 6.92 Å². The minimum Gasteiger partial charge on any atom is -0.423 e. The number of fused-ring (bicyclic) bond motifs is 1. The second-order valence-electron chi connectivity index (χ2n) is 3.26. The molecule has 1 aromatic rings. The van der Waals surface area contributed by atoms with Gasteiger partial charge in [0.05, 0.1) is 6.10 Å². The summed E-state index contributed by atoms with van der Waals surface area (Å²) in [7, 11) is -0.726. The van der Waals surface area contributed by atoms with Crippen LogP contribution in [0.15, 0.2) is 18.2 Å². The monoisotopic (exact) mass is 162 g/mol. The van der Waals surface area contributed by atoms with Gasteiger partial charge in [-0.2, -0.15) is 0 Å². The highest BCUT2D eigenvalue weighted by Gasteiger charge is 2.31. The van der Waals surface area contributed by atoms with Crippen LogP contribution in [0.25, 0.3) is 0 Å². The van der Waals surface area contributed by atoms with Crippen molar-refractivity contribution in [3.8, 4) is 0 Å². The molecule has 0 saturated carbocycles. The molecule has 1 N–H and O–H groups in total. The zero-order valence-electron chi connectivity index (χ0n) is 7.24. The quantitative estimate of drug-likeness (QED) is 0.571. The fraction of sp³-hybridized carbons (Fsp3) is 0.333. The molecule has 2 rings (SSSR count). The van der Waals surface area contributed by atoms with E-state index in [2.05, 4.69) is 6.07 Å². The maximum Gasteiger partial charge on any atom is 0.491 e. The summed E-state index contributed by atoms with van der Waals surface area (Å²) in [6, 6.07) is 5.98. The summed E-state index contributed by atoms with van der Waals surface area (Å²) in [4.78, 5) is 0. The second kappa shape index (κ2) is 2.61. The fourth-order valence-corrected chi connectivity index (χ4v) is 1.61. The van der Waals surface area contributed by atoms with Crippen molar-refractivity contribution in [2.45, 2.75) is 20.0 Å². The molecule has 1 aliphatic heterocycles. The Balaban J connectivity index is 2.53. The van der Waals surface area contributed by atoms with Gasteiger partial charge in [0.15, 0.2) is 0 Å². The van der Waals surface area contributed by atoms with Crippen LogP contribution in [0.3, 0.4) is 0 Å². The molecule has 1 aliphatic rings. The molecule has 62 valence electrons. The third-order valence-electron chi connectivity index (χ3n) is 2.28. The van der Waals surface area contributed by atoms with Crippen LogP contribution in [0.5, 0.6) is 0 Å². The number of benzene rings is 1. The van der Waals surface area contributed by atoms with E-state index in [0.717, 1.165) is 11.0 Å². The van der Waals surface area contributed by atoms with Gasteiger partial charge in [-0.25, -0.2) is 0 Å². The van der Waals surface area contributed by atoms with Crippen molar-refractivity contribution in [2.24, 2.45) is 0 Å². The molecule has 1 aromatic carbocycles. The zero-order chi connectivity index (χ0) is 8.72. The molecule has 0 radical (unpaired) electrons. The van der Waals surface area contributed by atoms with Gasteiger partial charge in [0.2, 0.25) is 0 Å². The van der Waals surface area contributed by atoms with E-state index in [0.29, 0.717) is 0 Å². The van der Waals surface area contributed by atoms with E-state index in [1.165, 1.54) is 5.56 Å². The van der Waals surface area contributed by atoms with Crippen molar-refractivity contribution >= 4 is 12.6 Å². The Morgan fingerprint density at radius 1 is 1.50 bits per heavy atom. The molecule has 0 spiro atoms. The molecule has 2 nitrogen and oxygen atoms in total. The lowest BCUT2D eigenvalue weighted by Gasteiger charge is -2.03. The maximum absolute atomic E-state index is 9.42. The molecule has 0 aliphatic carbocycles. The van der Waals surface area contributed by atoms with Crippen molar-refractivity contribution in [3.05, 3.63) is 29.3 Å². The first-order chi connectivity index (χ1) is 5.68. The third-order valence-corrected chi connectivity index (χ3v) is 2.28. The number of rotatable bonds is 0. The van der Waals surface area contributed by atoms with Gasteiger partial charge in [0, 0.05) is 0 Å². The van der Waals surface area contributed by atoms with Gasteiger partial charge >= 0.3 is 7.12 Å². The highest BCUT2D eigenvalue weighted by molar-refractivity contribution is 6.61. The smallest absolute Gasteiger partial charge is 0.423 e. The Hall–Kier alpha value is -0.795. The molecular formula is C9H11BO2. The van der Waals surface area contributed by atoms with Crippen LogP contribution in [0.1, 0.15) is 24.2 Å². The molecule has 1 atom stereocenters. The highest BCUT2D eigenvalue weighted by atomic mass is 16.5. The second-order valence-corrected chi connectivity index (χ2v) is 3.26. The summed E-state index contributed by atoms with van der Waals surface area (Å²) in [5.74, 6) is 0. The average molecular weight is 162 g/mol. The normalized spacial score (nSPS) is 21.2. The topological polar surface area (TPSA) is 29.5 Å². The molecule has 1 unspecified atom stereocenters. The molecule has 0 fully saturated rings. The van der Waals surface area contributed by atoms with Gasteiger partial charge in [0.25, 0.3) is 0 Å². The van der Waals surface area contributed by atoms with Crippen molar-refractivity contribution in [1.82, 2.24) is 0 Å². The SMILES string of the molecule is Cc1ccc2c(c1)C(C)OB2O. The average Bonchev–Trinajstić information content (AvgIpc) is 2.28. The molecule has 0 saturated heterocycles. The summed E-state index contributed by atoms with van der Waals surface area (Å²) < 4.78 is 5.24. The van der Waals surface area contributed by atoms with Gasteiger partial charge in [0.1, 0.15) is 0 Å². The van der Waals surface area contributed by atoms with Crippen molar-refractivity contribution in [2.75, 3.05) is 0 Å². The lowest BCUT2D eigenvalue weighted by Crippen LogP contribution is -2.27. The van der Waals surface area contributed by atoms with Crippen LogP contribution < -0.4 is 5.46 Å². The fourth-order valence-electron chi connectivity index (χ4n) is 1.61. The number of aryl methyl sites for hydroxylation is 1. The van der Waals surface area contributed by atoms with Gasteiger partial charge in [-0.1, -0.05) is 23.8 Å². The molecule has 0 bridgehead atoms. The summed E-state index contributed by atoms with van der Waals surface area (Å²) in [5.41, 5.74) is 3.23. The van der Waals surface area contributed by atoms with Crippen LogP contribution in [0.2, 0.25) is 0 Å². The summed E-state index contributed by atoms with van der Waals surface area (Å²) in [6.07, 6.45) is 0.0231. The van der Waals surface area contributed by atoms with E-state index in [1.54, 1.807) is 0 Å². The molecule has 0 amide bonds. The minimum absolute atomic E-state index is 0.0231. The van der Waals surface area contributed by atoms with Gasteiger partial charge < -0.3 is 9.68 Å². The van der Waals surface area contributed by atoms with E-state index >= 15 is 0 Å². The first-order valence-electron chi connectivity index (χ1n) is 4.12. The van der Waals surface area contributed by atoms with Crippen molar-refractivity contribution in [1.29, 1.82) is 0 Å². The summed E-state index contributed by atoms with van der Waals surface area (Å²) in [6.45, 7) is 3.99. The predicted molar refractivity (Wildman–Crippen MR) is 48.3 cm³/mol. The van der Waals surface area contributed by atoms with E-state index in [9.17, 15) is 5.02 Å². The largest absolute Gasteiger partial charge is 0.491 e. The lowest BCUT2D eigenvalue weighted by molar-refractivity contribution is 0.209. The standard InChI is InChI=1S/C9H11BO2/c1-6-3-4-9-8(5-6)7(2)12-10(9)11/h3-5,7,11H,1-2H3. The van der Waals surface area contributed by atoms with E-state index in [4.69, 9.17) is 4.65 Å². The van der Waals surface area contributed by atoms with E-state index in [1.807, 2.05) is 26.0 Å². The molecule has 3 heteroatoms. The van der Waals surface area contributed by atoms with Crippen molar-refractivity contribution < 1.29 is 9.68 Å². The van der Waals surface area contributed by atoms with Crippen LogP contribution in [0.4, 0.5) is 0 Å². The van der Waals surface area contributed by atoms with Crippen LogP contribution in [-0.2, 0) is 4.65 Å². The number of hydrogen-bond acceptors (Lipinski definition) is 2. The first-order valence-corrected chi connectivity index (χ1v) is 4.12. The number of hydrogen-bond donors (Lipinski definition) is 1. The Labute approximate surface area is 72.3 Å². The van der Waals surface area contributed by atoms with Gasteiger partial charge in [-0.3, -0.25) is 0 Å². The van der Waals surface area contributed by atoms with Crippen LogP contribution >= 0.6 is 0 Å². The van der Waals surface area contributed by atoms with Crippen LogP contribution in [-0.4, -0.2) is 12.1 Å². The molecule has 0 aromatic heterocycles. The Kier molecular flexibility index (Phi) is 1.70. The van der Waals surface area contributed by atoms with E-state index in [-0.39, 0.29) is 6.10 Å². The van der Waals surface area contributed by atoms with Crippen molar-refractivity contribution in [3.63, 3.8) is 0 Å².